The number of aromatic hydroxyl groups is 1. The Kier molecular flexibility index (Phi) is 4.35. The Hall–Kier alpha value is -1.57. The second kappa shape index (κ2) is 6.14. The zero-order valence-electron chi connectivity index (χ0n) is 14.3. The normalized spacial score (nSPS) is 34.5. The molecule has 1 aromatic rings. The summed E-state index contributed by atoms with van der Waals surface area (Å²) < 4.78 is 0. The summed E-state index contributed by atoms with van der Waals surface area (Å²) in [7, 11) is 0. The third-order valence-electron chi connectivity index (χ3n) is 6.42. The minimum atomic E-state index is -0.0322. The highest BCUT2D eigenvalue weighted by Gasteiger charge is 2.54. The number of hydrogen-bond acceptors (Lipinski definition) is 2. The highest BCUT2D eigenvalue weighted by atomic mass is 16.3. The Morgan fingerprint density at radius 3 is 2.74 bits per heavy atom. The second-order valence-electron chi connectivity index (χ2n) is 7.62. The molecule has 1 N–H and O–H groups in total. The van der Waals surface area contributed by atoms with Crippen LogP contribution in [0.1, 0.15) is 63.0 Å². The molecule has 2 saturated carbocycles. The quantitative estimate of drug-likeness (QED) is 0.684. The molecule has 0 saturated heterocycles. The monoisotopic (exact) mass is 312 g/mol. The maximum absolute atomic E-state index is 12.3. The first-order chi connectivity index (χ1) is 11.0. The Bertz CT molecular complexity index is 618. The number of rotatable bonds is 0. The van der Waals surface area contributed by atoms with Crippen LogP contribution in [0.4, 0.5) is 0 Å². The molecule has 0 spiro atoms. The van der Waals surface area contributed by atoms with Crippen molar-refractivity contribution in [2.75, 3.05) is 0 Å². The minimum Gasteiger partial charge on any atom is -0.508 e. The zero-order valence-corrected chi connectivity index (χ0v) is 14.3. The summed E-state index contributed by atoms with van der Waals surface area (Å²) >= 11 is 0. The van der Waals surface area contributed by atoms with E-state index in [0.29, 0.717) is 29.3 Å². The van der Waals surface area contributed by atoms with E-state index in [1.165, 1.54) is 17.5 Å². The first kappa shape index (κ1) is 16.3. The molecule has 0 aliphatic heterocycles. The molecule has 3 aliphatic carbocycles. The maximum Gasteiger partial charge on any atom is 0.139 e. The van der Waals surface area contributed by atoms with Crippen LogP contribution in [0.15, 0.2) is 30.9 Å². The van der Waals surface area contributed by atoms with Gasteiger partial charge in [0.2, 0.25) is 0 Å². The Morgan fingerprint density at radius 1 is 1.26 bits per heavy atom. The molecule has 0 unspecified atom stereocenters. The number of fused-ring (bicyclic) bond motifs is 5. The molecule has 0 heterocycles. The van der Waals surface area contributed by atoms with Crippen molar-refractivity contribution in [1.29, 1.82) is 0 Å². The molecule has 0 aromatic heterocycles. The van der Waals surface area contributed by atoms with Gasteiger partial charge in [0.05, 0.1) is 0 Å². The summed E-state index contributed by atoms with van der Waals surface area (Å²) in [6.45, 7) is 7.47. The topological polar surface area (TPSA) is 37.3 Å². The summed E-state index contributed by atoms with van der Waals surface area (Å²) in [5.74, 6) is 2.78. The zero-order chi connectivity index (χ0) is 16.6. The number of benzene rings is 1. The number of hydrogen-bond donors (Lipinski definition) is 1. The van der Waals surface area contributed by atoms with Crippen molar-refractivity contribution < 1.29 is 9.90 Å². The van der Waals surface area contributed by atoms with Gasteiger partial charge in [-0.3, -0.25) is 4.79 Å². The molecule has 23 heavy (non-hydrogen) atoms. The lowest BCUT2D eigenvalue weighted by atomic mass is 9.55. The fourth-order valence-electron chi connectivity index (χ4n) is 5.34. The molecule has 2 fully saturated rings. The lowest BCUT2D eigenvalue weighted by molar-refractivity contribution is -0.129. The predicted octanol–water partition coefficient (Wildman–Crippen LogP) is 5.01. The number of Topliss-reactive ketones (excluding diaryl/α,β-unsaturated/α-hetero) is 1. The van der Waals surface area contributed by atoms with Crippen LogP contribution in [0.5, 0.6) is 5.75 Å². The van der Waals surface area contributed by atoms with Gasteiger partial charge in [0.15, 0.2) is 0 Å². The fourth-order valence-corrected chi connectivity index (χ4v) is 5.34. The third kappa shape index (κ3) is 2.62. The Morgan fingerprint density at radius 2 is 2.00 bits per heavy atom. The van der Waals surface area contributed by atoms with Crippen LogP contribution >= 0.6 is 0 Å². The number of allylic oxidation sites excluding steroid dienone is 1. The SMILES string of the molecule is C=CC.C[C@]12CC[C@@H]3c4ccc(O)cc4CC[C@H]3[C@@H]1CCC2=O. The van der Waals surface area contributed by atoms with Crippen molar-refractivity contribution in [3.63, 3.8) is 0 Å². The van der Waals surface area contributed by atoms with E-state index in [2.05, 4.69) is 19.6 Å². The molecule has 0 amide bonds. The van der Waals surface area contributed by atoms with Crippen LogP contribution in [-0.2, 0) is 11.2 Å². The van der Waals surface area contributed by atoms with E-state index in [0.717, 1.165) is 32.1 Å². The van der Waals surface area contributed by atoms with Crippen molar-refractivity contribution in [3.8, 4) is 5.75 Å². The molecule has 3 aliphatic rings. The largest absolute Gasteiger partial charge is 0.508 e. The highest BCUT2D eigenvalue weighted by molar-refractivity contribution is 5.87. The van der Waals surface area contributed by atoms with Crippen molar-refractivity contribution >= 4 is 5.78 Å². The third-order valence-corrected chi connectivity index (χ3v) is 6.42. The summed E-state index contributed by atoms with van der Waals surface area (Å²) in [5, 5.41) is 9.67. The molecule has 2 heteroatoms. The van der Waals surface area contributed by atoms with E-state index < -0.39 is 0 Å². The molecular formula is C21H28O2. The van der Waals surface area contributed by atoms with E-state index in [1.807, 2.05) is 19.1 Å². The summed E-state index contributed by atoms with van der Waals surface area (Å²) in [6.07, 6.45) is 8.09. The maximum atomic E-state index is 12.3. The number of ketones is 1. The molecular weight excluding hydrogens is 284 g/mol. The average Bonchev–Trinajstić information content (AvgIpc) is 2.83. The van der Waals surface area contributed by atoms with E-state index in [9.17, 15) is 9.90 Å². The summed E-state index contributed by atoms with van der Waals surface area (Å²) in [6, 6.07) is 5.90. The van der Waals surface area contributed by atoms with E-state index in [-0.39, 0.29) is 5.41 Å². The first-order valence-corrected chi connectivity index (χ1v) is 8.93. The van der Waals surface area contributed by atoms with Gasteiger partial charge in [0.25, 0.3) is 0 Å². The standard InChI is InChI=1S/C18H22O2.C3H6/c1-18-9-8-14-13-5-3-12(19)10-11(13)2-4-15(14)16(18)6-7-17(18)20;1-3-2/h3,5,10,14-16,19H,2,4,6-9H2,1H3;3H,1H2,2H3/t14-,15-,16+,18+;/m1./s1. The number of phenols is 1. The minimum absolute atomic E-state index is 0.0322. The van der Waals surface area contributed by atoms with Gasteiger partial charge >= 0.3 is 0 Å². The van der Waals surface area contributed by atoms with Gasteiger partial charge in [-0.1, -0.05) is 19.1 Å². The van der Waals surface area contributed by atoms with Crippen molar-refractivity contribution in [3.05, 3.63) is 42.0 Å². The average molecular weight is 312 g/mol. The van der Waals surface area contributed by atoms with Crippen molar-refractivity contribution in [2.24, 2.45) is 17.3 Å². The highest BCUT2D eigenvalue weighted by Crippen LogP contribution is 2.59. The molecule has 0 radical (unpaired) electrons. The van der Waals surface area contributed by atoms with Gasteiger partial charge in [-0.15, -0.1) is 6.58 Å². The smallest absolute Gasteiger partial charge is 0.139 e. The van der Waals surface area contributed by atoms with E-state index in [1.54, 1.807) is 6.08 Å². The summed E-state index contributed by atoms with van der Waals surface area (Å²) in [5.41, 5.74) is 2.75. The molecule has 1 aromatic carbocycles. The molecule has 0 bridgehead atoms. The number of phenolic OH excluding ortho intramolecular Hbond substituents is 1. The van der Waals surface area contributed by atoms with Gasteiger partial charge in [0, 0.05) is 11.8 Å². The summed E-state index contributed by atoms with van der Waals surface area (Å²) in [4.78, 5) is 12.3. The Labute approximate surface area is 139 Å². The van der Waals surface area contributed by atoms with Crippen LogP contribution in [0.25, 0.3) is 0 Å². The molecule has 2 nitrogen and oxygen atoms in total. The van der Waals surface area contributed by atoms with Crippen LogP contribution in [0.3, 0.4) is 0 Å². The lowest BCUT2D eigenvalue weighted by Gasteiger charge is -2.48. The van der Waals surface area contributed by atoms with Gasteiger partial charge in [-0.2, -0.15) is 0 Å². The number of aryl methyl sites for hydroxylation is 1. The Balaban J connectivity index is 0.000000485. The van der Waals surface area contributed by atoms with Crippen LogP contribution < -0.4 is 0 Å². The number of carbonyl (C=O) groups excluding carboxylic acids is 1. The van der Waals surface area contributed by atoms with E-state index >= 15 is 0 Å². The van der Waals surface area contributed by atoms with Crippen molar-refractivity contribution in [2.45, 2.75) is 58.3 Å². The second-order valence-corrected chi connectivity index (χ2v) is 7.62. The molecule has 124 valence electrons. The first-order valence-electron chi connectivity index (χ1n) is 8.93. The molecule has 4 atom stereocenters. The van der Waals surface area contributed by atoms with Gasteiger partial charge in [-0.25, -0.2) is 0 Å². The van der Waals surface area contributed by atoms with Crippen LogP contribution in [0.2, 0.25) is 0 Å². The van der Waals surface area contributed by atoms with Gasteiger partial charge in [0.1, 0.15) is 11.5 Å². The number of carbonyl (C=O) groups is 1. The van der Waals surface area contributed by atoms with Gasteiger partial charge in [-0.05, 0) is 80.0 Å². The van der Waals surface area contributed by atoms with Crippen LogP contribution in [0, 0.1) is 17.3 Å². The molecule has 4 rings (SSSR count). The van der Waals surface area contributed by atoms with Crippen LogP contribution in [-0.4, -0.2) is 10.9 Å². The fraction of sp³-hybridized carbons (Fsp3) is 0.571. The van der Waals surface area contributed by atoms with Crippen molar-refractivity contribution in [1.82, 2.24) is 0 Å². The lowest BCUT2D eigenvalue weighted by Crippen LogP contribution is -2.42. The van der Waals surface area contributed by atoms with Gasteiger partial charge < -0.3 is 5.11 Å². The van der Waals surface area contributed by atoms with E-state index in [4.69, 9.17) is 0 Å². The predicted molar refractivity (Wildman–Crippen MR) is 93.6 cm³/mol.